The number of carbonyl (C=O) groups excluding carboxylic acids is 1. The van der Waals surface area contributed by atoms with Crippen molar-refractivity contribution in [3.05, 3.63) is 35.4 Å². The highest BCUT2D eigenvalue weighted by Crippen LogP contribution is 2.09. The average Bonchev–Trinajstić information content (AvgIpc) is 2.26. The molecule has 0 heterocycles. The smallest absolute Gasteiger partial charge is 0.436 e. The van der Waals surface area contributed by atoms with Gasteiger partial charge < -0.3 is 10.5 Å². The predicted octanol–water partition coefficient (Wildman–Crippen LogP) is 2.89. The molecule has 1 amide bonds. The lowest BCUT2D eigenvalue weighted by molar-refractivity contribution is 0.0604. The fraction of sp³-hybridized carbons (Fsp3) is 0.429. The van der Waals surface area contributed by atoms with Crippen LogP contribution in [0.2, 0.25) is 0 Å². The van der Waals surface area contributed by atoms with Crippen molar-refractivity contribution in [1.82, 2.24) is 0 Å². The van der Waals surface area contributed by atoms with Gasteiger partial charge in [0.2, 0.25) is 0 Å². The number of amides is 1. The van der Waals surface area contributed by atoms with Gasteiger partial charge in [-0.1, -0.05) is 31.2 Å². The summed E-state index contributed by atoms with van der Waals surface area (Å²) >= 11 is 0. The van der Waals surface area contributed by atoms with E-state index in [2.05, 4.69) is 11.9 Å². The van der Waals surface area contributed by atoms with Gasteiger partial charge in [0.1, 0.15) is 11.4 Å². The summed E-state index contributed by atoms with van der Waals surface area (Å²) in [4.78, 5) is 15.2. The second-order valence-electron chi connectivity index (χ2n) is 5.03. The SMILES string of the molecule is CCc1ccc(/C(N)=N/C(=O)OC(C)(C)C)cc1. The lowest BCUT2D eigenvalue weighted by atomic mass is 10.1. The summed E-state index contributed by atoms with van der Waals surface area (Å²) in [6, 6.07) is 7.63. The Morgan fingerprint density at radius 3 is 2.28 bits per heavy atom. The molecule has 2 N–H and O–H groups in total. The number of hydrogen-bond acceptors (Lipinski definition) is 2. The molecule has 0 spiro atoms. The zero-order valence-electron chi connectivity index (χ0n) is 11.4. The van der Waals surface area contributed by atoms with E-state index >= 15 is 0 Å². The number of aliphatic imine (C=N–C) groups is 1. The summed E-state index contributed by atoms with van der Waals surface area (Å²) in [6.07, 6.45) is 0.295. The van der Waals surface area contributed by atoms with Gasteiger partial charge in [-0.2, -0.15) is 4.99 Å². The van der Waals surface area contributed by atoms with Crippen LogP contribution in [0.4, 0.5) is 4.79 Å². The predicted molar refractivity (Wildman–Crippen MR) is 72.8 cm³/mol. The Hall–Kier alpha value is -1.84. The molecule has 4 heteroatoms. The highest BCUT2D eigenvalue weighted by Gasteiger charge is 2.16. The Balaban J connectivity index is 2.79. The fourth-order valence-electron chi connectivity index (χ4n) is 1.36. The van der Waals surface area contributed by atoms with Crippen LogP contribution in [0, 0.1) is 0 Å². The fourth-order valence-corrected chi connectivity index (χ4v) is 1.36. The van der Waals surface area contributed by atoms with Crippen LogP contribution in [0.3, 0.4) is 0 Å². The lowest BCUT2D eigenvalue weighted by Crippen LogP contribution is -2.24. The first-order valence-electron chi connectivity index (χ1n) is 5.98. The number of nitrogens with zero attached hydrogens (tertiary/aromatic N) is 1. The number of aryl methyl sites for hydroxylation is 1. The van der Waals surface area contributed by atoms with E-state index in [0.717, 1.165) is 12.0 Å². The van der Waals surface area contributed by atoms with E-state index in [1.807, 2.05) is 24.3 Å². The van der Waals surface area contributed by atoms with Gasteiger partial charge in [-0.25, -0.2) is 4.79 Å². The Morgan fingerprint density at radius 1 is 1.28 bits per heavy atom. The summed E-state index contributed by atoms with van der Waals surface area (Å²) < 4.78 is 5.07. The molecule has 0 aromatic heterocycles. The number of amidine groups is 1. The Bertz CT molecular complexity index is 442. The van der Waals surface area contributed by atoms with Crippen molar-refractivity contribution in [2.75, 3.05) is 0 Å². The molecule has 1 aromatic carbocycles. The monoisotopic (exact) mass is 248 g/mol. The number of rotatable bonds is 2. The van der Waals surface area contributed by atoms with Crippen LogP contribution < -0.4 is 5.73 Å². The quantitative estimate of drug-likeness (QED) is 0.646. The minimum Gasteiger partial charge on any atom is -0.442 e. The van der Waals surface area contributed by atoms with E-state index in [9.17, 15) is 4.79 Å². The van der Waals surface area contributed by atoms with Gasteiger partial charge in [0, 0.05) is 5.56 Å². The van der Waals surface area contributed by atoms with Crippen LogP contribution in [-0.4, -0.2) is 17.5 Å². The van der Waals surface area contributed by atoms with Crippen molar-refractivity contribution < 1.29 is 9.53 Å². The molecule has 0 fully saturated rings. The standard InChI is InChI=1S/C14H20N2O2/c1-5-10-6-8-11(9-7-10)12(15)16-13(17)18-14(2,3)4/h6-9H,5H2,1-4H3,(H2,15,16,17). The van der Waals surface area contributed by atoms with E-state index in [-0.39, 0.29) is 5.84 Å². The Kier molecular flexibility index (Phi) is 4.48. The first kappa shape index (κ1) is 14.2. The van der Waals surface area contributed by atoms with Crippen LogP contribution in [0.5, 0.6) is 0 Å². The molecule has 98 valence electrons. The number of carbonyl (C=O) groups is 1. The number of benzene rings is 1. The van der Waals surface area contributed by atoms with Crippen molar-refractivity contribution in [3.8, 4) is 0 Å². The molecule has 0 saturated carbocycles. The second-order valence-corrected chi connectivity index (χ2v) is 5.03. The lowest BCUT2D eigenvalue weighted by Gasteiger charge is -2.17. The van der Waals surface area contributed by atoms with Gasteiger partial charge in [0.05, 0.1) is 0 Å². The molecule has 1 rings (SSSR count). The summed E-state index contributed by atoms with van der Waals surface area (Å²) in [7, 11) is 0. The van der Waals surface area contributed by atoms with E-state index in [1.165, 1.54) is 5.56 Å². The minimum absolute atomic E-state index is 0.173. The van der Waals surface area contributed by atoms with E-state index in [0.29, 0.717) is 0 Å². The second kappa shape index (κ2) is 5.67. The highest BCUT2D eigenvalue weighted by molar-refractivity contribution is 6.02. The van der Waals surface area contributed by atoms with Crippen LogP contribution in [0.25, 0.3) is 0 Å². The molecule has 0 aliphatic heterocycles. The van der Waals surface area contributed by atoms with Gasteiger partial charge in [0.15, 0.2) is 0 Å². The molecule has 0 radical (unpaired) electrons. The summed E-state index contributed by atoms with van der Waals surface area (Å²) in [6.45, 7) is 7.43. The molecule has 4 nitrogen and oxygen atoms in total. The Labute approximate surface area is 108 Å². The van der Waals surface area contributed by atoms with Gasteiger partial charge in [-0.05, 0) is 32.8 Å². The molecular formula is C14H20N2O2. The van der Waals surface area contributed by atoms with Crippen LogP contribution in [0.1, 0.15) is 38.8 Å². The maximum atomic E-state index is 11.5. The third kappa shape index (κ3) is 4.57. The van der Waals surface area contributed by atoms with Crippen LogP contribution in [0.15, 0.2) is 29.3 Å². The Morgan fingerprint density at radius 2 is 1.83 bits per heavy atom. The molecule has 0 unspecified atom stereocenters. The topological polar surface area (TPSA) is 64.7 Å². The summed E-state index contributed by atoms with van der Waals surface area (Å²) in [5.74, 6) is 0.173. The molecular weight excluding hydrogens is 228 g/mol. The van der Waals surface area contributed by atoms with Crippen molar-refractivity contribution in [3.63, 3.8) is 0 Å². The average molecular weight is 248 g/mol. The maximum Gasteiger partial charge on any atom is 0.436 e. The van der Waals surface area contributed by atoms with Crippen molar-refractivity contribution in [2.24, 2.45) is 10.7 Å². The molecule has 0 bridgehead atoms. The first-order chi connectivity index (χ1) is 8.31. The van der Waals surface area contributed by atoms with E-state index in [1.54, 1.807) is 20.8 Å². The number of hydrogen-bond donors (Lipinski definition) is 1. The van der Waals surface area contributed by atoms with Crippen LogP contribution >= 0.6 is 0 Å². The highest BCUT2D eigenvalue weighted by atomic mass is 16.6. The molecule has 0 aliphatic carbocycles. The van der Waals surface area contributed by atoms with Gasteiger partial charge in [0.25, 0.3) is 0 Å². The van der Waals surface area contributed by atoms with E-state index in [4.69, 9.17) is 10.5 Å². The zero-order chi connectivity index (χ0) is 13.8. The number of nitrogens with two attached hydrogens (primary N) is 1. The van der Waals surface area contributed by atoms with Crippen molar-refractivity contribution >= 4 is 11.9 Å². The van der Waals surface area contributed by atoms with Gasteiger partial charge in [-0.3, -0.25) is 0 Å². The number of ether oxygens (including phenoxy) is 1. The molecule has 18 heavy (non-hydrogen) atoms. The normalized spacial score (nSPS) is 12.3. The summed E-state index contributed by atoms with van der Waals surface area (Å²) in [5, 5.41) is 0. The van der Waals surface area contributed by atoms with Gasteiger partial charge in [-0.15, -0.1) is 0 Å². The van der Waals surface area contributed by atoms with Gasteiger partial charge >= 0.3 is 6.09 Å². The third-order valence-electron chi connectivity index (χ3n) is 2.26. The summed E-state index contributed by atoms with van der Waals surface area (Å²) in [5.41, 5.74) is 7.13. The molecule has 0 aliphatic rings. The third-order valence-corrected chi connectivity index (χ3v) is 2.26. The van der Waals surface area contributed by atoms with Crippen molar-refractivity contribution in [1.29, 1.82) is 0 Å². The van der Waals surface area contributed by atoms with Crippen molar-refractivity contribution in [2.45, 2.75) is 39.7 Å². The first-order valence-corrected chi connectivity index (χ1v) is 5.98. The molecule has 0 saturated heterocycles. The molecule has 1 aromatic rings. The van der Waals surface area contributed by atoms with E-state index < -0.39 is 11.7 Å². The largest absolute Gasteiger partial charge is 0.442 e. The van der Waals surface area contributed by atoms with Crippen LogP contribution in [-0.2, 0) is 11.2 Å². The molecule has 0 atom stereocenters. The minimum atomic E-state index is -0.667. The zero-order valence-corrected chi connectivity index (χ0v) is 11.4. The maximum absolute atomic E-state index is 11.5.